The van der Waals surface area contributed by atoms with Gasteiger partial charge in [0.1, 0.15) is 12.4 Å². The van der Waals surface area contributed by atoms with Crippen LogP contribution in [-0.2, 0) is 20.7 Å². The number of Topliss-reactive ketones (excluding diaryl/α,β-unsaturated/α-hetero) is 1. The molecule has 1 heterocycles. The molecule has 0 aromatic heterocycles. The molecule has 3 rings (SSSR count). The third-order valence-electron chi connectivity index (χ3n) is 4.63. The Hall–Kier alpha value is -3.06. The van der Waals surface area contributed by atoms with Crippen molar-refractivity contribution in [3.63, 3.8) is 0 Å². The van der Waals surface area contributed by atoms with Gasteiger partial charge in [-0.3, -0.25) is 9.80 Å². The van der Waals surface area contributed by atoms with Gasteiger partial charge in [0.05, 0.1) is 6.54 Å². The maximum Gasteiger partial charge on any atom is 0.333 e. The predicted octanol–water partition coefficient (Wildman–Crippen LogP) is 2.60. The molecule has 0 spiro atoms. The molecule has 1 atom stereocenters. The van der Waals surface area contributed by atoms with Gasteiger partial charge in [0, 0.05) is 43.0 Å². The van der Waals surface area contributed by atoms with Crippen LogP contribution in [0.5, 0.6) is 5.75 Å². The number of ether oxygens (including phenoxy) is 2. The van der Waals surface area contributed by atoms with Crippen molar-refractivity contribution >= 4 is 11.8 Å². The molecule has 0 radical (unpaired) electrons. The van der Waals surface area contributed by atoms with Crippen molar-refractivity contribution in [2.75, 3.05) is 19.8 Å². The predicted molar refractivity (Wildman–Crippen MR) is 108 cm³/mol. The molecule has 1 aromatic carbocycles. The standard InChI is InChI=1S/C22H26N2O5/c1-2-11-29-21(22(26)27)13-16-6-8-18(9-7-16)28-12-10-24-15-17-4-3-5-20(25)19(17)14-23-24/h3-4,6-9,14-15,21,23H,2,5,10-13H2,1H3,(H,26,27). The molecule has 1 aromatic rings. The quantitative estimate of drug-likeness (QED) is 0.626. The summed E-state index contributed by atoms with van der Waals surface area (Å²) in [6, 6.07) is 7.37. The van der Waals surface area contributed by atoms with Crippen molar-refractivity contribution in [3.05, 3.63) is 65.5 Å². The molecular formula is C22H26N2O5. The van der Waals surface area contributed by atoms with Gasteiger partial charge >= 0.3 is 5.97 Å². The molecule has 29 heavy (non-hydrogen) atoms. The van der Waals surface area contributed by atoms with E-state index in [2.05, 4.69) is 5.43 Å². The minimum Gasteiger partial charge on any atom is -0.492 e. The van der Waals surface area contributed by atoms with E-state index in [0.717, 1.165) is 17.6 Å². The molecule has 0 bridgehead atoms. The number of hydrazine groups is 1. The number of hydrogen-bond donors (Lipinski definition) is 2. The van der Waals surface area contributed by atoms with E-state index in [9.17, 15) is 14.7 Å². The first-order valence-electron chi connectivity index (χ1n) is 9.78. The smallest absolute Gasteiger partial charge is 0.333 e. The number of benzene rings is 1. The van der Waals surface area contributed by atoms with Gasteiger partial charge in [0.15, 0.2) is 11.9 Å². The Morgan fingerprint density at radius 2 is 2.07 bits per heavy atom. The van der Waals surface area contributed by atoms with Crippen LogP contribution < -0.4 is 10.2 Å². The molecule has 7 nitrogen and oxygen atoms in total. The van der Waals surface area contributed by atoms with Crippen molar-refractivity contribution in [3.8, 4) is 5.75 Å². The van der Waals surface area contributed by atoms with Crippen molar-refractivity contribution < 1.29 is 24.2 Å². The lowest BCUT2D eigenvalue weighted by Crippen LogP contribution is -2.37. The Balaban J connectivity index is 1.47. The minimum atomic E-state index is -0.950. The van der Waals surface area contributed by atoms with Crippen LogP contribution in [-0.4, -0.2) is 47.7 Å². The number of carbonyl (C=O) groups excluding carboxylic acids is 1. The highest BCUT2D eigenvalue weighted by Gasteiger charge is 2.20. The molecule has 1 aliphatic heterocycles. The molecule has 1 unspecified atom stereocenters. The Morgan fingerprint density at radius 3 is 2.79 bits per heavy atom. The summed E-state index contributed by atoms with van der Waals surface area (Å²) in [6.07, 6.45) is 8.17. The number of nitrogens with zero attached hydrogens (tertiary/aromatic N) is 1. The summed E-state index contributed by atoms with van der Waals surface area (Å²) in [5, 5.41) is 11.1. The fourth-order valence-electron chi connectivity index (χ4n) is 3.09. The lowest BCUT2D eigenvalue weighted by atomic mass is 9.95. The number of carboxylic acid groups (broad SMARTS) is 1. The first kappa shape index (κ1) is 20.7. The Morgan fingerprint density at radius 1 is 1.28 bits per heavy atom. The first-order chi connectivity index (χ1) is 14.1. The summed E-state index contributed by atoms with van der Waals surface area (Å²) >= 11 is 0. The van der Waals surface area contributed by atoms with Gasteiger partial charge < -0.3 is 20.0 Å². The lowest BCUT2D eigenvalue weighted by molar-refractivity contribution is -0.150. The maximum absolute atomic E-state index is 11.8. The first-order valence-corrected chi connectivity index (χ1v) is 9.78. The summed E-state index contributed by atoms with van der Waals surface area (Å²) in [4.78, 5) is 23.1. The summed E-state index contributed by atoms with van der Waals surface area (Å²) in [7, 11) is 0. The van der Waals surface area contributed by atoms with Crippen LogP contribution in [0, 0.1) is 0 Å². The Bertz CT molecular complexity index is 826. The molecule has 2 N–H and O–H groups in total. The van der Waals surface area contributed by atoms with Gasteiger partial charge in [-0.2, -0.15) is 0 Å². The summed E-state index contributed by atoms with van der Waals surface area (Å²) in [5.41, 5.74) is 5.58. The van der Waals surface area contributed by atoms with Gasteiger partial charge in [-0.15, -0.1) is 0 Å². The maximum atomic E-state index is 11.8. The van der Waals surface area contributed by atoms with Gasteiger partial charge in [-0.05, 0) is 24.1 Å². The van der Waals surface area contributed by atoms with Crippen molar-refractivity contribution in [1.29, 1.82) is 0 Å². The highest BCUT2D eigenvalue weighted by atomic mass is 16.5. The number of rotatable bonds is 10. The Kier molecular flexibility index (Phi) is 7.08. The fourth-order valence-corrected chi connectivity index (χ4v) is 3.09. The van der Waals surface area contributed by atoms with Crippen LogP contribution in [0.2, 0.25) is 0 Å². The van der Waals surface area contributed by atoms with Crippen molar-refractivity contribution in [2.45, 2.75) is 32.3 Å². The van der Waals surface area contributed by atoms with E-state index in [1.54, 1.807) is 6.20 Å². The largest absolute Gasteiger partial charge is 0.492 e. The zero-order chi connectivity index (χ0) is 20.6. The number of nitrogens with one attached hydrogen (secondary N) is 1. The van der Waals surface area contributed by atoms with E-state index in [1.165, 1.54) is 0 Å². The van der Waals surface area contributed by atoms with Crippen LogP contribution in [0.15, 0.2) is 60.0 Å². The van der Waals surface area contributed by atoms with Crippen LogP contribution >= 0.6 is 0 Å². The summed E-state index contributed by atoms with van der Waals surface area (Å²) < 4.78 is 11.2. The van der Waals surface area contributed by atoms with Gasteiger partial charge in [0.25, 0.3) is 0 Å². The number of hydrogen-bond acceptors (Lipinski definition) is 6. The van der Waals surface area contributed by atoms with E-state index in [1.807, 2.05) is 54.6 Å². The fraction of sp³-hybridized carbons (Fsp3) is 0.364. The molecular weight excluding hydrogens is 372 g/mol. The number of ketones is 1. The molecule has 2 aliphatic rings. The van der Waals surface area contributed by atoms with Crippen molar-refractivity contribution in [2.24, 2.45) is 0 Å². The molecule has 154 valence electrons. The summed E-state index contributed by atoms with van der Waals surface area (Å²) in [5.74, 6) is -0.121. The molecule has 1 aliphatic carbocycles. The zero-order valence-electron chi connectivity index (χ0n) is 16.5. The number of carbonyl (C=O) groups is 2. The van der Waals surface area contributed by atoms with Gasteiger partial charge in [-0.1, -0.05) is 31.2 Å². The average Bonchev–Trinajstić information content (AvgIpc) is 2.72. The van der Waals surface area contributed by atoms with E-state index in [0.29, 0.717) is 43.9 Å². The second-order valence-electron chi connectivity index (χ2n) is 6.89. The third-order valence-corrected chi connectivity index (χ3v) is 4.63. The van der Waals surface area contributed by atoms with Crippen molar-refractivity contribution in [1.82, 2.24) is 10.4 Å². The van der Waals surface area contributed by atoms with Gasteiger partial charge in [-0.25, -0.2) is 4.79 Å². The van der Waals surface area contributed by atoms with Crippen LogP contribution in [0.3, 0.4) is 0 Å². The number of aliphatic carboxylic acids is 1. The molecule has 0 amide bonds. The van der Waals surface area contributed by atoms with E-state index < -0.39 is 12.1 Å². The summed E-state index contributed by atoms with van der Waals surface area (Å²) in [6.45, 7) is 3.43. The normalized spacial score (nSPS) is 16.4. The zero-order valence-corrected chi connectivity index (χ0v) is 16.5. The monoisotopic (exact) mass is 398 g/mol. The van der Waals surface area contributed by atoms with Crippen LogP contribution in [0.4, 0.5) is 0 Å². The van der Waals surface area contributed by atoms with E-state index in [4.69, 9.17) is 9.47 Å². The van der Waals surface area contributed by atoms with Gasteiger partial charge in [0.2, 0.25) is 0 Å². The number of carboxylic acids is 1. The van der Waals surface area contributed by atoms with Crippen LogP contribution in [0.25, 0.3) is 0 Å². The number of fused-ring (bicyclic) bond motifs is 1. The second kappa shape index (κ2) is 9.93. The molecule has 0 saturated heterocycles. The van der Waals surface area contributed by atoms with E-state index in [-0.39, 0.29) is 5.78 Å². The highest BCUT2D eigenvalue weighted by molar-refractivity contribution is 6.02. The van der Waals surface area contributed by atoms with Crippen LogP contribution in [0.1, 0.15) is 25.3 Å². The molecule has 0 saturated carbocycles. The number of allylic oxidation sites excluding steroid dienone is 4. The minimum absolute atomic E-state index is 0.118. The third kappa shape index (κ3) is 5.71. The Labute approximate surface area is 170 Å². The highest BCUT2D eigenvalue weighted by Crippen LogP contribution is 2.22. The lowest BCUT2D eigenvalue weighted by Gasteiger charge is -2.27. The van der Waals surface area contributed by atoms with E-state index >= 15 is 0 Å². The average molecular weight is 398 g/mol. The molecule has 0 fully saturated rings. The second-order valence-corrected chi connectivity index (χ2v) is 6.89. The topological polar surface area (TPSA) is 88.1 Å². The SMILES string of the molecule is CCCOC(Cc1ccc(OCCN2C=C3C=CCC(=O)C3=CN2)cc1)C(=O)O. The molecule has 7 heteroatoms.